The third-order valence-electron chi connectivity index (χ3n) is 3.55. The van der Waals surface area contributed by atoms with Crippen LogP contribution in [-0.4, -0.2) is 18.6 Å². The van der Waals surface area contributed by atoms with Gasteiger partial charge in [-0.05, 0) is 30.5 Å². The third-order valence-corrected chi connectivity index (χ3v) is 3.55. The Morgan fingerprint density at radius 2 is 2.05 bits per heavy atom. The first kappa shape index (κ1) is 12.0. The lowest BCUT2D eigenvalue weighted by Gasteiger charge is -2.31. The Morgan fingerprint density at radius 3 is 2.95 bits per heavy atom. The van der Waals surface area contributed by atoms with E-state index in [1.165, 1.54) is 24.1 Å². The maximum Gasteiger partial charge on any atom is 0.213 e. The van der Waals surface area contributed by atoms with Crippen LogP contribution in [0.4, 0.5) is 5.69 Å². The molecule has 0 saturated carbocycles. The maximum atomic E-state index is 5.18. The van der Waals surface area contributed by atoms with Crippen LogP contribution in [0.2, 0.25) is 0 Å². The van der Waals surface area contributed by atoms with Crippen LogP contribution in [0.15, 0.2) is 42.5 Å². The minimum Gasteiger partial charge on any atom is -0.481 e. The largest absolute Gasteiger partial charge is 0.481 e. The molecular weight excluding hydrogens is 236 g/mol. The zero-order valence-electron chi connectivity index (χ0n) is 11.2. The molecule has 0 atom stereocenters. The van der Waals surface area contributed by atoms with Gasteiger partial charge in [0.15, 0.2) is 0 Å². The van der Waals surface area contributed by atoms with Crippen molar-refractivity contribution in [2.24, 2.45) is 0 Å². The van der Waals surface area contributed by atoms with E-state index in [1.54, 1.807) is 7.11 Å². The molecule has 1 aromatic heterocycles. The van der Waals surface area contributed by atoms with Gasteiger partial charge in [-0.3, -0.25) is 0 Å². The van der Waals surface area contributed by atoms with Crippen molar-refractivity contribution in [2.75, 3.05) is 18.6 Å². The highest BCUT2D eigenvalue weighted by molar-refractivity contribution is 5.55. The molecule has 3 rings (SSSR count). The van der Waals surface area contributed by atoms with Gasteiger partial charge in [0.05, 0.1) is 19.3 Å². The van der Waals surface area contributed by atoms with Gasteiger partial charge < -0.3 is 9.64 Å². The molecule has 2 heterocycles. The highest BCUT2D eigenvalue weighted by Crippen LogP contribution is 2.27. The molecule has 0 radical (unpaired) electrons. The molecule has 98 valence electrons. The average molecular weight is 254 g/mol. The summed E-state index contributed by atoms with van der Waals surface area (Å²) in [6, 6.07) is 14.6. The molecule has 0 bridgehead atoms. The summed E-state index contributed by atoms with van der Waals surface area (Å²) in [7, 11) is 1.66. The predicted octanol–water partition coefficient (Wildman–Crippen LogP) is 3.04. The summed E-state index contributed by atoms with van der Waals surface area (Å²) < 4.78 is 5.18. The van der Waals surface area contributed by atoms with E-state index in [4.69, 9.17) is 4.74 Å². The van der Waals surface area contributed by atoms with Crippen molar-refractivity contribution in [1.82, 2.24) is 4.98 Å². The van der Waals surface area contributed by atoms with E-state index in [0.717, 1.165) is 18.8 Å². The molecule has 0 amide bonds. The van der Waals surface area contributed by atoms with Crippen LogP contribution in [0.25, 0.3) is 0 Å². The van der Waals surface area contributed by atoms with Crippen LogP contribution >= 0.6 is 0 Å². The number of benzene rings is 1. The summed E-state index contributed by atoms with van der Waals surface area (Å²) >= 11 is 0. The number of methoxy groups -OCH3 is 1. The van der Waals surface area contributed by atoms with Crippen molar-refractivity contribution < 1.29 is 4.74 Å². The van der Waals surface area contributed by atoms with Crippen molar-refractivity contribution in [3.8, 4) is 5.88 Å². The molecule has 1 aliphatic heterocycles. The van der Waals surface area contributed by atoms with Crippen LogP contribution in [0, 0.1) is 0 Å². The van der Waals surface area contributed by atoms with E-state index in [-0.39, 0.29) is 0 Å². The normalized spacial score (nSPS) is 14.1. The SMILES string of the molecule is COc1cccc(CN2CCCc3ccccc32)n1. The smallest absolute Gasteiger partial charge is 0.213 e. The van der Waals surface area contributed by atoms with E-state index in [0.29, 0.717) is 5.88 Å². The van der Waals surface area contributed by atoms with Gasteiger partial charge in [-0.25, -0.2) is 4.98 Å². The Labute approximate surface area is 113 Å². The van der Waals surface area contributed by atoms with E-state index < -0.39 is 0 Å². The van der Waals surface area contributed by atoms with Crippen molar-refractivity contribution >= 4 is 5.69 Å². The molecule has 0 N–H and O–H groups in total. The van der Waals surface area contributed by atoms with Gasteiger partial charge in [0, 0.05) is 18.3 Å². The van der Waals surface area contributed by atoms with Crippen molar-refractivity contribution in [3.05, 3.63) is 53.7 Å². The third kappa shape index (κ3) is 2.55. The number of ether oxygens (including phenoxy) is 1. The number of rotatable bonds is 3. The van der Waals surface area contributed by atoms with Gasteiger partial charge in [0.2, 0.25) is 5.88 Å². The summed E-state index contributed by atoms with van der Waals surface area (Å²) in [5, 5.41) is 0. The van der Waals surface area contributed by atoms with Gasteiger partial charge in [-0.15, -0.1) is 0 Å². The summed E-state index contributed by atoms with van der Waals surface area (Å²) in [5.41, 5.74) is 3.84. The van der Waals surface area contributed by atoms with Gasteiger partial charge >= 0.3 is 0 Å². The quantitative estimate of drug-likeness (QED) is 0.841. The first-order valence-corrected chi connectivity index (χ1v) is 6.69. The number of fused-ring (bicyclic) bond motifs is 1. The fourth-order valence-corrected chi connectivity index (χ4v) is 2.63. The number of hydrogen-bond donors (Lipinski definition) is 0. The molecule has 0 fully saturated rings. The Balaban J connectivity index is 1.84. The maximum absolute atomic E-state index is 5.18. The molecule has 3 heteroatoms. The standard InChI is InChI=1S/C16H18N2O/c1-19-16-10-4-8-14(17-16)12-18-11-5-7-13-6-2-3-9-15(13)18/h2-4,6,8-10H,5,7,11-12H2,1H3. The van der Waals surface area contributed by atoms with E-state index in [9.17, 15) is 0 Å². The van der Waals surface area contributed by atoms with Crippen molar-refractivity contribution in [3.63, 3.8) is 0 Å². The molecule has 1 aliphatic rings. The van der Waals surface area contributed by atoms with Gasteiger partial charge in [0.1, 0.15) is 0 Å². The summed E-state index contributed by atoms with van der Waals surface area (Å²) in [6.45, 7) is 1.93. The van der Waals surface area contributed by atoms with Crippen LogP contribution in [0.5, 0.6) is 5.88 Å². The zero-order chi connectivity index (χ0) is 13.1. The Hall–Kier alpha value is -2.03. The van der Waals surface area contributed by atoms with Crippen molar-refractivity contribution in [2.45, 2.75) is 19.4 Å². The molecule has 0 unspecified atom stereocenters. The Morgan fingerprint density at radius 1 is 1.16 bits per heavy atom. The van der Waals surface area contributed by atoms with E-state index in [2.05, 4.69) is 40.2 Å². The monoisotopic (exact) mass is 254 g/mol. The number of nitrogens with zero attached hydrogens (tertiary/aromatic N) is 2. The lowest BCUT2D eigenvalue weighted by Crippen LogP contribution is -2.29. The second-order valence-corrected chi connectivity index (χ2v) is 4.83. The fourth-order valence-electron chi connectivity index (χ4n) is 2.63. The fraction of sp³-hybridized carbons (Fsp3) is 0.312. The topological polar surface area (TPSA) is 25.4 Å². The molecule has 19 heavy (non-hydrogen) atoms. The predicted molar refractivity (Wildman–Crippen MR) is 76.6 cm³/mol. The minimum atomic E-state index is 0.683. The zero-order valence-corrected chi connectivity index (χ0v) is 11.2. The number of hydrogen-bond acceptors (Lipinski definition) is 3. The molecule has 3 nitrogen and oxygen atoms in total. The van der Waals surface area contributed by atoms with E-state index >= 15 is 0 Å². The number of aromatic nitrogens is 1. The molecule has 0 saturated heterocycles. The molecule has 2 aromatic rings. The molecule has 0 spiro atoms. The van der Waals surface area contributed by atoms with Gasteiger partial charge in [-0.2, -0.15) is 0 Å². The van der Waals surface area contributed by atoms with E-state index in [1.807, 2.05) is 12.1 Å². The van der Waals surface area contributed by atoms with Crippen molar-refractivity contribution in [1.29, 1.82) is 0 Å². The lowest BCUT2D eigenvalue weighted by molar-refractivity contribution is 0.396. The summed E-state index contributed by atoms with van der Waals surface area (Å²) in [6.07, 6.45) is 2.39. The van der Waals surface area contributed by atoms with Gasteiger partial charge in [-0.1, -0.05) is 24.3 Å². The average Bonchev–Trinajstić information content (AvgIpc) is 2.48. The molecular formula is C16H18N2O. The highest BCUT2D eigenvalue weighted by atomic mass is 16.5. The summed E-state index contributed by atoms with van der Waals surface area (Å²) in [5.74, 6) is 0.683. The van der Waals surface area contributed by atoms with Crippen LogP contribution < -0.4 is 9.64 Å². The second kappa shape index (κ2) is 5.31. The number of para-hydroxylation sites is 1. The first-order chi connectivity index (χ1) is 9.36. The lowest BCUT2D eigenvalue weighted by atomic mass is 10.0. The molecule has 1 aromatic carbocycles. The van der Waals surface area contributed by atoms with Crippen LogP contribution in [0.1, 0.15) is 17.7 Å². The van der Waals surface area contributed by atoms with Crippen LogP contribution in [0.3, 0.4) is 0 Å². The van der Waals surface area contributed by atoms with Gasteiger partial charge in [0.25, 0.3) is 0 Å². The first-order valence-electron chi connectivity index (χ1n) is 6.69. The number of aryl methyl sites for hydroxylation is 1. The number of pyridine rings is 1. The highest BCUT2D eigenvalue weighted by Gasteiger charge is 2.16. The second-order valence-electron chi connectivity index (χ2n) is 4.83. The minimum absolute atomic E-state index is 0.683. The Kier molecular flexibility index (Phi) is 3.36. The number of anilines is 1. The van der Waals surface area contributed by atoms with Crippen LogP contribution in [-0.2, 0) is 13.0 Å². The summed E-state index contributed by atoms with van der Waals surface area (Å²) in [4.78, 5) is 6.90. The Bertz CT molecular complexity index is 568. The molecule has 0 aliphatic carbocycles.